The number of rotatable bonds is 5. The van der Waals surface area contributed by atoms with Crippen molar-refractivity contribution in [2.75, 3.05) is 0 Å². The third kappa shape index (κ3) is 3.03. The summed E-state index contributed by atoms with van der Waals surface area (Å²) in [6.45, 7) is 0. The van der Waals surface area contributed by atoms with Crippen LogP contribution in [0.25, 0.3) is 11.0 Å². The number of hydrogen-bond acceptors (Lipinski definition) is 3. The van der Waals surface area contributed by atoms with Gasteiger partial charge in [-0.1, -0.05) is 48.5 Å². The zero-order chi connectivity index (χ0) is 14.7. The minimum Gasteiger partial charge on any atom is -0.453 e. The van der Waals surface area contributed by atoms with Gasteiger partial charge in [0.25, 0.3) is 0 Å². The number of carbonyl (C=O) groups excluding carboxylic acids is 1. The monoisotopic (exact) mass is 279 g/mol. The molecule has 106 valence electrons. The molecular formula is C18H17NO2. The molecule has 1 atom stereocenters. The molecule has 3 aromatic rings. The van der Waals surface area contributed by atoms with Gasteiger partial charge >= 0.3 is 0 Å². The van der Waals surface area contributed by atoms with Gasteiger partial charge in [0.15, 0.2) is 5.76 Å². The molecule has 0 spiro atoms. The predicted molar refractivity (Wildman–Crippen MR) is 83.3 cm³/mol. The summed E-state index contributed by atoms with van der Waals surface area (Å²) in [5.74, 6) is 0.207. The van der Waals surface area contributed by atoms with Crippen LogP contribution in [0.2, 0.25) is 0 Å². The SMILES string of the molecule is NC(CCc1ccccc1)C(=O)c1cc2ccccc2o1. The van der Waals surface area contributed by atoms with E-state index in [9.17, 15) is 4.79 Å². The number of aryl methyl sites for hydroxylation is 1. The Labute approximate surface area is 123 Å². The molecule has 1 heterocycles. The Balaban J connectivity index is 1.69. The molecule has 1 unspecified atom stereocenters. The Bertz CT molecular complexity index is 713. The Morgan fingerprint density at radius 3 is 2.52 bits per heavy atom. The lowest BCUT2D eigenvalue weighted by atomic mass is 10.0. The summed E-state index contributed by atoms with van der Waals surface area (Å²) >= 11 is 0. The van der Waals surface area contributed by atoms with Gasteiger partial charge in [0, 0.05) is 5.39 Å². The Morgan fingerprint density at radius 2 is 1.76 bits per heavy atom. The molecule has 0 amide bonds. The van der Waals surface area contributed by atoms with Crippen molar-refractivity contribution in [2.45, 2.75) is 18.9 Å². The molecule has 3 heteroatoms. The lowest BCUT2D eigenvalue weighted by molar-refractivity contribution is 0.0932. The lowest BCUT2D eigenvalue weighted by Crippen LogP contribution is -2.30. The van der Waals surface area contributed by atoms with Crippen LogP contribution in [0.3, 0.4) is 0 Å². The van der Waals surface area contributed by atoms with E-state index in [-0.39, 0.29) is 5.78 Å². The third-order valence-electron chi connectivity index (χ3n) is 3.59. The molecule has 0 fully saturated rings. The smallest absolute Gasteiger partial charge is 0.214 e. The van der Waals surface area contributed by atoms with Gasteiger partial charge in [-0.3, -0.25) is 4.79 Å². The van der Waals surface area contributed by atoms with E-state index in [1.54, 1.807) is 6.07 Å². The van der Waals surface area contributed by atoms with Gasteiger partial charge in [-0.15, -0.1) is 0 Å². The molecular weight excluding hydrogens is 262 g/mol. The first kappa shape index (κ1) is 13.6. The Morgan fingerprint density at radius 1 is 1.05 bits per heavy atom. The zero-order valence-electron chi connectivity index (χ0n) is 11.7. The molecule has 0 radical (unpaired) electrons. The summed E-state index contributed by atoms with van der Waals surface area (Å²) in [5.41, 5.74) is 7.91. The van der Waals surface area contributed by atoms with Crippen LogP contribution in [-0.2, 0) is 6.42 Å². The highest BCUT2D eigenvalue weighted by Crippen LogP contribution is 2.20. The number of hydrogen-bond donors (Lipinski definition) is 1. The first-order valence-electron chi connectivity index (χ1n) is 7.06. The molecule has 2 N–H and O–H groups in total. The van der Waals surface area contributed by atoms with Gasteiger partial charge in [-0.25, -0.2) is 0 Å². The summed E-state index contributed by atoms with van der Waals surface area (Å²) in [6.07, 6.45) is 1.40. The van der Waals surface area contributed by atoms with Crippen molar-refractivity contribution in [3.63, 3.8) is 0 Å². The highest BCUT2D eigenvalue weighted by molar-refractivity contribution is 6.00. The van der Waals surface area contributed by atoms with Crippen molar-refractivity contribution in [3.8, 4) is 0 Å². The maximum atomic E-state index is 12.3. The standard InChI is InChI=1S/C18H17NO2/c19-15(11-10-13-6-2-1-3-7-13)18(20)17-12-14-8-4-5-9-16(14)21-17/h1-9,12,15H,10-11,19H2. The highest BCUT2D eigenvalue weighted by Gasteiger charge is 2.19. The average molecular weight is 279 g/mol. The lowest BCUT2D eigenvalue weighted by Gasteiger charge is -2.08. The normalized spacial score (nSPS) is 12.4. The fraction of sp³-hybridized carbons (Fsp3) is 0.167. The van der Waals surface area contributed by atoms with E-state index in [4.69, 9.17) is 10.2 Å². The Kier molecular flexibility index (Phi) is 3.84. The minimum absolute atomic E-state index is 0.137. The summed E-state index contributed by atoms with van der Waals surface area (Å²) in [5, 5.41) is 0.927. The molecule has 0 bridgehead atoms. The fourth-order valence-corrected chi connectivity index (χ4v) is 2.38. The molecule has 3 nitrogen and oxygen atoms in total. The molecule has 0 aliphatic heterocycles. The number of nitrogens with two attached hydrogens (primary N) is 1. The molecule has 3 rings (SSSR count). The van der Waals surface area contributed by atoms with Crippen LogP contribution < -0.4 is 5.73 Å². The van der Waals surface area contributed by atoms with E-state index in [2.05, 4.69) is 0 Å². The van der Waals surface area contributed by atoms with Crippen LogP contribution in [0.5, 0.6) is 0 Å². The molecule has 0 saturated carbocycles. The topological polar surface area (TPSA) is 56.2 Å². The second kappa shape index (κ2) is 5.94. The number of benzene rings is 2. The number of ketones is 1. The van der Waals surface area contributed by atoms with Crippen LogP contribution in [0, 0.1) is 0 Å². The van der Waals surface area contributed by atoms with Crippen LogP contribution in [-0.4, -0.2) is 11.8 Å². The number of para-hydroxylation sites is 1. The highest BCUT2D eigenvalue weighted by atomic mass is 16.3. The first-order chi connectivity index (χ1) is 10.2. The fourth-order valence-electron chi connectivity index (χ4n) is 2.38. The third-order valence-corrected chi connectivity index (χ3v) is 3.59. The van der Waals surface area contributed by atoms with E-state index >= 15 is 0 Å². The average Bonchev–Trinajstić information content (AvgIpc) is 2.97. The molecule has 1 aromatic heterocycles. The van der Waals surface area contributed by atoms with E-state index < -0.39 is 6.04 Å². The van der Waals surface area contributed by atoms with E-state index in [1.165, 1.54) is 5.56 Å². The van der Waals surface area contributed by atoms with E-state index in [1.807, 2.05) is 54.6 Å². The number of Topliss-reactive ketones (excluding diaryl/α,β-unsaturated/α-hetero) is 1. The van der Waals surface area contributed by atoms with E-state index in [0.29, 0.717) is 12.2 Å². The number of fused-ring (bicyclic) bond motifs is 1. The molecule has 21 heavy (non-hydrogen) atoms. The first-order valence-corrected chi connectivity index (χ1v) is 7.06. The van der Waals surface area contributed by atoms with Crippen molar-refractivity contribution in [1.82, 2.24) is 0 Å². The van der Waals surface area contributed by atoms with Gasteiger partial charge in [0.1, 0.15) is 5.58 Å². The largest absolute Gasteiger partial charge is 0.453 e. The second-order valence-electron chi connectivity index (χ2n) is 5.14. The van der Waals surface area contributed by atoms with Crippen LogP contribution in [0.15, 0.2) is 65.1 Å². The summed E-state index contributed by atoms with van der Waals surface area (Å²) in [6, 6.07) is 18.8. The molecule has 0 aliphatic carbocycles. The molecule has 2 aromatic carbocycles. The van der Waals surface area contributed by atoms with Gasteiger partial charge < -0.3 is 10.2 Å². The molecule has 0 saturated heterocycles. The van der Waals surface area contributed by atoms with Gasteiger partial charge in [0.2, 0.25) is 5.78 Å². The second-order valence-corrected chi connectivity index (χ2v) is 5.14. The van der Waals surface area contributed by atoms with Gasteiger partial charge in [-0.05, 0) is 30.5 Å². The maximum absolute atomic E-state index is 12.3. The summed E-state index contributed by atoms with van der Waals surface area (Å²) in [7, 11) is 0. The summed E-state index contributed by atoms with van der Waals surface area (Å²) in [4.78, 5) is 12.3. The van der Waals surface area contributed by atoms with Crippen molar-refractivity contribution in [2.24, 2.45) is 5.73 Å². The van der Waals surface area contributed by atoms with Gasteiger partial charge in [-0.2, -0.15) is 0 Å². The predicted octanol–water partition coefficient (Wildman–Crippen LogP) is 3.58. The van der Waals surface area contributed by atoms with Crippen LogP contribution in [0.4, 0.5) is 0 Å². The van der Waals surface area contributed by atoms with Gasteiger partial charge in [0.05, 0.1) is 6.04 Å². The minimum atomic E-state index is -0.536. The van der Waals surface area contributed by atoms with Crippen LogP contribution >= 0.6 is 0 Å². The van der Waals surface area contributed by atoms with Crippen molar-refractivity contribution < 1.29 is 9.21 Å². The molecule has 0 aliphatic rings. The summed E-state index contributed by atoms with van der Waals surface area (Å²) < 4.78 is 5.57. The van der Waals surface area contributed by atoms with Crippen molar-refractivity contribution >= 4 is 16.8 Å². The number of furan rings is 1. The zero-order valence-corrected chi connectivity index (χ0v) is 11.7. The maximum Gasteiger partial charge on any atom is 0.214 e. The quantitative estimate of drug-likeness (QED) is 0.726. The van der Waals surface area contributed by atoms with E-state index in [0.717, 1.165) is 17.4 Å². The van der Waals surface area contributed by atoms with Crippen LogP contribution in [0.1, 0.15) is 22.5 Å². The van der Waals surface area contributed by atoms with Crippen molar-refractivity contribution in [3.05, 3.63) is 72.0 Å². The number of carbonyl (C=O) groups is 1. The van der Waals surface area contributed by atoms with Crippen molar-refractivity contribution in [1.29, 1.82) is 0 Å². The Hall–Kier alpha value is -2.39.